The predicted molar refractivity (Wildman–Crippen MR) is 55.2 cm³/mol. The highest BCUT2D eigenvalue weighted by Gasteiger charge is 2.44. The van der Waals surface area contributed by atoms with E-state index in [1.807, 2.05) is 0 Å². The van der Waals surface area contributed by atoms with E-state index in [9.17, 15) is 13.2 Å². The molecule has 16 heavy (non-hydrogen) atoms. The van der Waals surface area contributed by atoms with Gasteiger partial charge >= 0.3 is 6.18 Å². The maximum absolute atomic E-state index is 12.8. The van der Waals surface area contributed by atoms with Gasteiger partial charge in [0, 0.05) is 13.1 Å². The Morgan fingerprint density at radius 2 is 1.94 bits per heavy atom. The second-order valence-electron chi connectivity index (χ2n) is 3.92. The standard InChI is InChI=1S/C10H10ClF3N2/c11-7-3-1-2-6(8(7)10(12,13)14)9(15)4-16-5-9/h1-3,16H,4-5,15H2. The first-order valence-corrected chi connectivity index (χ1v) is 5.08. The number of nitrogens with two attached hydrogens (primary N) is 1. The Kier molecular flexibility index (Phi) is 2.64. The van der Waals surface area contributed by atoms with E-state index in [4.69, 9.17) is 17.3 Å². The lowest BCUT2D eigenvalue weighted by Crippen LogP contribution is -2.63. The molecule has 2 rings (SSSR count). The van der Waals surface area contributed by atoms with Gasteiger partial charge < -0.3 is 11.1 Å². The fourth-order valence-electron chi connectivity index (χ4n) is 1.81. The van der Waals surface area contributed by atoms with Crippen molar-refractivity contribution in [3.8, 4) is 0 Å². The third-order valence-corrected chi connectivity index (χ3v) is 3.03. The van der Waals surface area contributed by atoms with Crippen molar-refractivity contribution in [2.45, 2.75) is 11.7 Å². The van der Waals surface area contributed by atoms with Crippen LogP contribution >= 0.6 is 11.6 Å². The molecule has 1 aromatic carbocycles. The highest BCUT2D eigenvalue weighted by atomic mass is 35.5. The topological polar surface area (TPSA) is 38.0 Å². The van der Waals surface area contributed by atoms with E-state index in [0.29, 0.717) is 13.1 Å². The largest absolute Gasteiger partial charge is 0.418 e. The van der Waals surface area contributed by atoms with Crippen molar-refractivity contribution >= 4 is 11.6 Å². The van der Waals surface area contributed by atoms with E-state index < -0.39 is 17.3 Å². The van der Waals surface area contributed by atoms with Crippen LogP contribution < -0.4 is 11.1 Å². The molecule has 0 bridgehead atoms. The molecule has 1 fully saturated rings. The van der Waals surface area contributed by atoms with Crippen molar-refractivity contribution in [2.75, 3.05) is 13.1 Å². The fraction of sp³-hybridized carbons (Fsp3) is 0.400. The van der Waals surface area contributed by atoms with Gasteiger partial charge in [-0.25, -0.2) is 0 Å². The van der Waals surface area contributed by atoms with Gasteiger partial charge in [0.15, 0.2) is 0 Å². The summed E-state index contributed by atoms with van der Waals surface area (Å²) >= 11 is 5.61. The van der Waals surface area contributed by atoms with E-state index in [0.717, 1.165) is 0 Å². The third-order valence-electron chi connectivity index (χ3n) is 2.71. The number of rotatable bonds is 1. The van der Waals surface area contributed by atoms with Crippen LogP contribution in [0.15, 0.2) is 18.2 Å². The predicted octanol–water partition coefficient (Wildman–Crippen LogP) is 2.12. The van der Waals surface area contributed by atoms with Crippen molar-refractivity contribution in [3.05, 3.63) is 34.3 Å². The van der Waals surface area contributed by atoms with Crippen molar-refractivity contribution in [1.82, 2.24) is 5.32 Å². The molecule has 0 atom stereocenters. The Hall–Kier alpha value is -0.780. The summed E-state index contributed by atoms with van der Waals surface area (Å²) in [5.74, 6) is 0. The van der Waals surface area contributed by atoms with Crippen molar-refractivity contribution < 1.29 is 13.2 Å². The zero-order valence-electron chi connectivity index (χ0n) is 8.24. The minimum absolute atomic E-state index is 0.0613. The maximum atomic E-state index is 12.8. The lowest BCUT2D eigenvalue weighted by atomic mass is 9.82. The Morgan fingerprint density at radius 3 is 2.38 bits per heavy atom. The van der Waals surface area contributed by atoms with Crippen LogP contribution in [0.5, 0.6) is 0 Å². The fourth-order valence-corrected chi connectivity index (χ4v) is 2.09. The van der Waals surface area contributed by atoms with Gasteiger partial charge in [-0.15, -0.1) is 0 Å². The van der Waals surface area contributed by atoms with E-state index in [-0.39, 0.29) is 10.6 Å². The second kappa shape index (κ2) is 3.61. The normalized spacial score (nSPS) is 19.3. The molecule has 1 heterocycles. The SMILES string of the molecule is NC1(c2cccc(Cl)c2C(F)(F)F)CNC1. The van der Waals surface area contributed by atoms with Crippen molar-refractivity contribution in [2.24, 2.45) is 5.73 Å². The molecule has 88 valence electrons. The molecule has 1 saturated heterocycles. The lowest BCUT2D eigenvalue weighted by molar-refractivity contribution is -0.138. The van der Waals surface area contributed by atoms with Crippen molar-refractivity contribution in [1.29, 1.82) is 0 Å². The molecule has 1 aromatic rings. The van der Waals surface area contributed by atoms with Crippen LogP contribution in [0.1, 0.15) is 11.1 Å². The molecule has 0 spiro atoms. The Balaban J connectivity index is 2.57. The third kappa shape index (κ3) is 1.79. The lowest BCUT2D eigenvalue weighted by Gasteiger charge is -2.41. The molecule has 0 aromatic heterocycles. The van der Waals surface area contributed by atoms with Gasteiger partial charge in [-0.05, 0) is 11.6 Å². The highest BCUT2D eigenvalue weighted by Crippen LogP contribution is 2.41. The minimum atomic E-state index is -4.48. The van der Waals surface area contributed by atoms with E-state index in [1.165, 1.54) is 18.2 Å². The summed E-state index contributed by atoms with van der Waals surface area (Å²) in [5, 5.41) is 2.56. The molecule has 0 unspecified atom stereocenters. The van der Waals surface area contributed by atoms with Gasteiger partial charge in [0.05, 0.1) is 16.1 Å². The molecule has 0 saturated carbocycles. The van der Waals surface area contributed by atoms with Crippen LogP contribution in [-0.4, -0.2) is 13.1 Å². The molecular formula is C10H10ClF3N2. The summed E-state index contributed by atoms with van der Waals surface area (Å²) in [6.07, 6.45) is -4.48. The average Bonchev–Trinajstić information content (AvgIpc) is 2.11. The first-order valence-electron chi connectivity index (χ1n) is 4.70. The molecule has 1 aliphatic rings. The van der Waals surface area contributed by atoms with Crippen LogP contribution in [0.25, 0.3) is 0 Å². The summed E-state index contributed by atoms with van der Waals surface area (Å²) in [6, 6.07) is 4.10. The highest BCUT2D eigenvalue weighted by molar-refractivity contribution is 6.31. The summed E-state index contributed by atoms with van der Waals surface area (Å²) in [4.78, 5) is 0. The minimum Gasteiger partial charge on any atom is -0.319 e. The van der Waals surface area contributed by atoms with Crippen LogP contribution in [-0.2, 0) is 11.7 Å². The van der Waals surface area contributed by atoms with Gasteiger partial charge in [0.2, 0.25) is 0 Å². The second-order valence-corrected chi connectivity index (χ2v) is 4.33. The summed E-state index contributed by atoms with van der Waals surface area (Å²) in [6.45, 7) is 0.660. The van der Waals surface area contributed by atoms with Crippen LogP contribution in [0.3, 0.4) is 0 Å². The smallest absolute Gasteiger partial charge is 0.319 e. The van der Waals surface area contributed by atoms with E-state index in [1.54, 1.807) is 0 Å². The Bertz CT molecular complexity index is 413. The molecule has 0 amide bonds. The van der Waals surface area contributed by atoms with Gasteiger partial charge in [-0.3, -0.25) is 0 Å². The van der Waals surface area contributed by atoms with Gasteiger partial charge in [0.25, 0.3) is 0 Å². The number of nitrogens with one attached hydrogen (secondary N) is 1. The molecule has 0 aliphatic carbocycles. The zero-order valence-corrected chi connectivity index (χ0v) is 8.99. The van der Waals surface area contributed by atoms with Crippen LogP contribution in [0, 0.1) is 0 Å². The molecule has 0 radical (unpaired) electrons. The monoisotopic (exact) mass is 250 g/mol. The Morgan fingerprint density at radius 1 is 1.31 bits per heavy atom. The van der Waals surface area contributed by atoms with E-state index >= 15 is 0 Å². The number of halogens is 4. The molecule has 6 heteroatoms. The first kappa shape index (κ1) is 11.7. The van der Waals surface area contributed by atoms with Crippen LogP contribution in [0.4, 0.5) is 13.2 Å². The van der Waals surface area contributed by atoms with Crippen LogP contribution in [0.2, 0.25) is 5.02 Å². The summed E-state index contributed by atoms with van der Waals surface area (Å²) in [7, 11) is 0. The maximum Gasteiger partial charge on any atom is 0.418 e. The molecule has 1 aliphatic heterocycles. The summed E-state index contributed by atoms with van der Waals surface area (Å²) in [5.41, 5.74) is 4.15. The summed E-state index contributed by atoms with van der Waals surface area (Å²) < 4.78 is 38.5. The first-order chi connectivity index (χ1) is 7.34. The van der Waals surface area contributed by atoms with E-state index in [2.05, 4.69) is 5.32 Å². The number of benzene rings is 1. The van der Waals surface area contributed by atoms with Gasteiger partial charge in [0.1, 0.15) is 0 Å². The number of hydrogen-bond donors (Lipinski definition) is 2. The zero-order chi connectivity index (χ0) is 12.0. The average molecular weight is 251 g/mol. The number of hydrogen-bond acceptors (Lipinski definition) is 2. The van der Waals surface area contributed by atoms with Gasteiger partial charge in [-0.1, -0.05) is 23.7 Å². The van der Waals surface area contributed by atoms with Crippen molar-refractivity contribution in [3.63, 3.8) is 0 Å². The Labute approximate surface area is 95.6 Å². The molecule has 2 nitrogen and oxygen atoms in total. The molecular weight excluding hydrogens is 241 g/mol. The van der Waals surface area contributed by atoms with Gasteiger partial charge in [-0.2, -0.15) is 13.2 Å². The quantitative estimate of drug-likeness (QED) is 0.801. The molecule has 3 N–H and O–H groups in total. The number of alkyl halides is 3.